The van der Waals surface area contributed by atoms with Gasteiger partial charge in [-0.3, -0.25) is 4.68 Å². The van der Waals surface area contributed by atoms with Gasteiger partial charge >= 0.3 is 0 Å². The fourth-order valence-electron chi connectivity index (χ4n) is 2.56. The van der Waals surface area contributed by atoms with E-state index in [-0.39, 0.29) is 0 Å². The number of aryl methyl sites for hydroxylation is 1. The molecule has 0 aliphatic heterocycles. The topological polar surface area (TPSA) is 69.6 Å². The number of nitrogens with two attached hydrogens (primary N) is 1. The summed E-state index contributed by atoms with van der Waals surface area (Å²) in [6.07, 6.45) is 3.28. The van der Waals surface area contributed by atoms with E-state index in [1.54, 1.807) is 12.5 Å². The quantitative estimate of drug-likeness (QED) is 0.802. The summed E-state index contributed by atoms with van der Waals surface area (Å²) in [6, 6.07) is 10.3. The minimum Gasteiger partial charge on any atom is -0.329 e. The zero-order valence-corrected chi connectivity index (χ0v) is 12.8. The Labute approximate surface area is 129 Å². The third kappa shape index (κ3) is 2.63. The number of aromatic nitrogens is 4. The molecule has 2 aromatic heterocycles. The predicted octanol–water partition coefficient (Wildman–Crippen LogP) is 2.58. The summed E-state index contributed by atoms with van der Waals surface area (Å²) in [5.74, 6) is 0. The summed E-state index contributed by atoms with van der Waals surface area (Å²) in [7, 11) is 0. The van der Waals surface area contributed by atoms with Crippen LogP contribution in [0, 0.1) is 13.8 Å². The molecule has 5 nitrogen and oxygen atoms in total. The van der Waals surface area contributed by atoms with Crippen LogP contribution in [0.25, 0.3) is 22.5 Å². The van der Waals surface area contributed by atoms with Gasteiger partial charge in [0.15, 0.2) is 0 Å². The van der Waals surface area contributed by atoms with E-state index in [1.165, 1.54) is 5.56 Å². The molecular weight excluding hydrogens is 274 g/mol. The summed E-state index contributed by atoms with van der Waals surface area (Å²) in [5.41, 5.74) is 12.0. The number of hydrogen-bond donors (Lipinski definition) is 1. The van der Waals surface area contributed by atoms with Crippen molar-refractivity contribution in [3.05, 3.63) is 54.1 Å². The van der Waals surface area contributed by atoms with Crippen LogP contribution >= 0.6 is 0 Å². The highest BCUT2D eigenvalue weighted by Crippen LogP contribution is 2.33. The van der Waals surface area contributed by atoms with E-state index in [1.807, 2.05) is 10.7 Å². The van der Waals surface area contributed by atoms with Gasteiger partial charge in [0.2, 0.25) is 0 Å². The maximum atomic E-state index is 5.70. The van der Waals surface area contributed by atoms with Crippen LogP contribution < -0.4 is 5.73 Å². The van der Waals surface area contributed by atoms with Crippen molar-refractivity contribution in [2.24, 2.45) is 5.73 Å². The molecule has 2 N–H and O–H groups in total. The molecule has 0 atom stereocenters. The molecule has 2 heterocycles. The molecule has 0 radical (unpaired) electrons. The first kappa shape index (κ1) is 14.4. The highest BCUT2D eigenvalue weighted by Gasteiger charge is 2.18. The number of benzene rings is 1. The molecule has 0 aliphatic carbocycles. The fourth-order valence-corrected chi connectivity index (χ4v) is 2.56. The number of hydrogen-bond acceptors (Lipinski definition) is 4. The van der Waals surface area contributed by atoms with Crippen molar-refractivity contribution in [1.82, 2.24) is 19.7 Å². The molecule has 0 amide bonds. The van der Waals surface area contributed by atoms with Gasteiger partial charge in [0, 0.05) is 24.0 Å². The highest BCUT2D eigenvalue weighted by atomic mass is 15.3. The zero-order valence-electron chi connectivity index (χ0n) is 12.8. The molecule has 0 bridgehead atoms. The van der Waals surface area contributed by atoms with Crippen LogP contribution in [0.15, 0.2) is 42.9 Å². The van der Waals surface area contributed by atoms with Crippen LogP contribution in [-0.2, 0) is 6.54 Å². The van der Waals surface area contributed by atoms with Gasteiger partial charge in [0.05, 0.1) is 12.2 Å². The highest BCUT2D eigenvalue weighted by molar-refractivity contribution is 5.81. The van der Waals surface area contributed by atoms with Crippen molar-refractivity contribution in [1.29, 1.82) is 0 Å². The average molecular weight is 293 g/mol. The Kier molecular flexibility index (Phi) is 3.98. The summed E-state index contributed by atoms with van der Waals surface area (Å²) < 4.78 is 1.95. The first-order valence-electron chi connectivity index (χ1n) is 7.31. The molecule has 1 aromatic carbocycles. The molecule has 0 saturated heterocycles. The molecule has 0 fully saturated rings. The van der Waals surface area contributed by atoms with Crippen LogP contribution in [0.5, 0.6) is 0 Å². The van der Waals surface area contributed by atoms with Gasteiger partial charge in [0.1, 0.15) is 12.0 Å². The molecule has 5 heteroatoms. The summed E-state index contributed by atoms with van der Waals surface area (Å²) >= 11 is 0. The maximum Gasteiger partial charge on any atom is 0.119 e. The lowest BCUT2D eigenvalue weighted by Gasteiger charge is -2.05. The summed E-state index contributed by atoms with van der Waals surface area (Å²) in [5, 5.41) is 4.71. The standard InChI is InChI=1S/C17H19N5/c1-12-3-5-14(6-4-12)16-13(2)22(10-8-18)21-17(16)15-7-9-19-11-20-15/h3-7,9,11H,8,10,18H2,1-2H3. The van der Waals surface area contributed by atoms with Crippen molar-refractivity contribution in [3.63, 3.8) is 0 Å². The minimum atomic E-state index is 0.555. The summed E-state index contributed by atoms with van der Waals surface area (Å²) in [6.45, 7) is 5.40. The number of rotatable bonds is 4. The van der Waals surface area contributed by atoms with Crippen molar-refractivity contribution in [3.8, 4) is 22.5 Å². The van der Waals surface area contributed by atoms with Crippen LogP contribution in [0.1, 0.15) is 11.3 Å². The summed E-state index contributed by atoms with van der Waals surface area (Å²) in [4.78, 5) is 8.33. The van der Waals surface area contributed by atoms with E-state index in [9.17, 15) is 0 Å². The van der Waals surface area contributed by atoms with E-state index in [4.69, 9.17) is 10.8 Å². The lowest BCUT2D eigenvalue weighted by atomic mass is 10.0. The van der Waals surface area contributed by atoms with Gasteiger partial charge in [-0.25, -0.2) is 9.97 Å². The van der Waals surface area contributed by atoms with Crippen molar-refractivity contribution >= 4 is 0 Å². The van der Waals surface area contributed by atoms with Crippen molar-refractivity contribution in [2.45, 2.75) is 20.4 Å². The van der Waals surface area contributed by atoms with Gasteiger partial charge < -0.3 is 5.73 Å². The van der Waals surface area contributed by atoms with Crippen LogP contribution in [-0.4, -0.2) is 26.3 Å². The van der Waals surface area contributed by atoms with Crippen LogP contribution in [0.3, 0.4) is 0 Å². The third-order valence-corrected chi connectivity index (χ3v) is 3.71. The van der Waals surface area contributed by atoms with Crippen LogP contribution in [0.2, 0.25) is 0 Å². The molecule has 0 aliphatic rings. The minimum absolute atomic E-state index is 0.555. The van der Waals surface area contributed by atoms with E-state index < -0.39 is 0 Å². The van der Waals surface area contributed by atoms with E-state index in [0.29, 0.717) is 13.1 Å². The van der Waals surface area contributed by atoms with Gasteiger partial charge in [-0.1, -0.05) is 29.8 Å². The molecule has 112 valence electrons. The fraction of sp³-hybridized carbons (Fsp3) is 0.235. The molecule has 3 aromatic rings. The largest absolute Gasteiger partial charge is 0.329 e. The van der Waals surface area contributed by atoms with Gasteiger partial charge in [-0.15, -0.1) is 0 Å². The van der Waals surface area contributed by atoms with Gasteiger partial charge in [-0.05, 0) is 25.5 Å². The zero-order chi connectivity index (χ0) is 15.5. The second-order valence-electron chi connectivity index (χ2n) is 5.28. The van der Waals surface area contributed by atoms with Crippen LogP contribution in [0.4, 0.5) is 0 Å². The maximum absolute atomic E-state index is 5.70. The molecule has 0 spiro atoms. The Bertz CT molecular complexity index is 760. The lowest BCUT2D eigenvalue weighted by molar-refractivity contribution is 0.610. The van der Waals surface area contributed by atoms with Gasteiger partial charge in [-0.2, -0.15) is 5.10 Å². The van der Waals surface area contributed by atoms with Crippen molar-refractivity contribution < 1.29 is 0 Å². The SMILES string of the molecule is Cc1ccc(-c2c(-c3ccncn3)nn(CCN)c2C)cc1. The smallest absolute Gasteiger partial charge is 0.119 e. The second kappa shape index (κ2) is 6.07. The Hall–Kier alpha value is -2.53. The van der Waals surface area contributed by atoms with Crippen molar-refractivity contribution in [2.75, 3.05) is 6.54 Å². The Balaban J connectivity index is 2.20. The average Bonchev–Trinajstić information content (AvgIpc) is 2.87. The molecule has 0 saturated carbocycles. The second-order valence-corrected chi connectivity index (χ2v) is 5.28. The lowest BCUT2D eigenvalue weighted by Crippen LogP contribution is -2.12. The molecule has 3 rings (SSSR count). The first-order chi connectivity index (χ1) is 10.7. The Morgan fingerprint density at radius 1 is 1.09 bits per heavy atom. The Morgan fingerprint density at radius 2 is 1.86 bits per heavy atom. The van der Waals surface area contributed by atoms with E-state index >= 15 is 0 Å². The molecular formula is C17H19N5. The van der Waals surface area contributed by atoms with E-state index in [0.717, 1.165) is 28.2 Å². The normalized spacial score (nSPS) is 10.9. The van der Waals surface area contributed by atoms with Gasteiger partial charge in [0.25, 0.3) is 0 Å². The third-order valence-electron chi connectivity index (χ3n) is 3.71. The van der Waals surface area contributed by atoms with E-state index in [2.05, 4.69) is 48.1 Å². The predicted molar refractivity (Wildman–Crippen MR) is 87.2 cm³/mol. The molecule has 0 unspecified atom stereocenters. The monoisotopic (exact) mass is 293 g/mol. The Morgan fingerprint density at radius 3 is 2.50 bits per heavy atom. The number of nitrogens with zero attached hydrogens (tertiary/aromatic N) is 4. The first-order valence-corrected chi connectivity index (χ1v) is 7.31. The molecule has 22 heavy (non-hydrogen) atoms.